The van der Waals surface area contributed by atoms with Crippen LogP contribution in [0.1, 0.15) is 0 Å². The van der Waals surface area contributed by atoms with Crippen LogP contribution in [0.5, 0.6) is 0 Å². The predicted molar refractivity (Wildman–Crippen MR) is 24.9 cm³/mol. The summed E-state index contributed by atoms with van der Waals surface area (Å²) >= 11 is 0. The molecule has 56 valence electrons. The van der Waals surface area contributed by atoms with Crippen LogP contribution in [0.4, 0.5) is 13.2 Å². The maximum atomic E-state index is 11.3. The van der Waals surface area contributed by atoms with Crippen LogP contribution in [0.2, 0.25) is 0 Å². The topological polar surface area (TPSA) is 27.1 Å². The van der Waals surface area contributed by atoms with E-state index in [1.54, 1.807) is 0 Å². The molecule has 0 bridgehead atoms. The first kappa shape index (κ1) is 6.91. The lowest BCUT2D eigenvalue weighted by Crippen LogP contribution is -2.25. The van der Waals surface area contributed by atoms with E-state index in [0.717, 1.165) is 12.5 Å². The van der Waals surface area contributed by atoms with Crippen LogP contribution >= 0.6 is 0 Å². The Morgan fingerprint density at radius 2 is 2.10 bits per heavy atom. The summed E-state index contributed by atoms with van der Waals surface area (Å²) in [6.07, 6.45) is -1.51. The second kappa shape index (κ2) is 2.20. The maximum absolute atomic E-state index is 11.3. The van der Waals surface area contributed by atoms with Crippen LogP contribution in [-0.4, -0.2) is 16.1 Å². The molecule has 0 N–H and O–H groups in total. The van der Waals surface area contributed by atoms with Crippen LogP contribution in [0.3, 0.4) is 0 Å². The minimum atomic E-state index is -4.65. The normalized spacial score (nSPS) is 11.5. The number of nitrogens with zero attached hydrogens (tertiary/aromatic N) is 2. The number of aromatic nitrogens is 2. The van der Waals surface area contributed by atoms with Crippen LogP contribution in [0.25, 0.3) is 0 Å². The Labute approximate surface area is 54.0 Å². The molecule has 0 saturated carbocycles. The number of hydrogen-bond donors (Lipinski definition) is 0. The SMILES string of the molecule is FC(F)(F)On1ccnc1. The summed E-state index contributed by atoms with van der Waals surface area (Å²) in [5.41, 5.74) is 0. The smallest absolute Gasteiger partial charge is 0.312 e. The third-order valence-corrected chi connectivity index (χ3v) is 0.689. The van der Waals surface area contributed by atoms with Crippen LogP contribution in [-0.2, 0) is 0 Å². The highest BCUT2D eigenvalue weighted by atomic mass is 19.4. The van der Waals surface area contributed by atoms with Gasteiger partial charge in [0.2, 0.25) is 0 Å². The predicted octanol–water partition coefficient (Wildman–Crippen LogP) is 0.831. The van der Waals surface area contributed by atoms with Gasteiger partial charge in [-0.1, -0.05) is 0 Å². The van der Waals surface area contributed by atoms with Crippen molar-refractivity contribution in [2.75, 3.05) is 0 Å². The molecule has 0 saturated heterocycles. The molecule has 0 spiro atoms. The minimum absolute atomic E-state index is 0.472. The Balaban J connectivity index is 2.57. The summed E-state index contributed by atoms with van der Waals surface area (Å²) in [6, 6.07) is 0. The molecule has 1 aromatic heterocycles. The first-order chi connectivity index (χ1) is 4.58. The second-order valence-corrected chi connectivity index (χ2v) is 1.46. The van der Waals surface area contributed by atoms with Gasteiger partial charge in [-0.2, -0.15) is 4.73 Å². The molecule has 1 rings (SSSR count). The zero-order valence-corrected chi connectivity index (χ0v) is 4.67. The fourth-order valence-electron chi connectivity index (χ4n) is 0.420. The standard InChI is InChI=1S/C4H3F3N2O/c5-4(6,7)10-9-2-1-8-3-9/h1-3H. The summed E-state index contributed by atoms with van der Waals surface area (Å²) in [5.74, 6) is 0. The molecule has 0 atom stereocenters. The highest BCUT2D eigenvalue weighted by Gasteiger charge is 2.31. The van der Waals surface area contributed by atoms with E-state index in [-0.39, 0.29) is 0 Å². The maximum Gasteiger partial charge on any atom is 0.591 e. The molecular weight excluding hydrogens is 149 g/mol. The third-order valence-electron chi connectivity index (χ3n) is 0.689. The van der Waals surface area contributed by atoms with Gasteiger partial charge in [0.05, 0.1) is 6.20 Å². The zero-order chi connectivity index (χ0) is 7.61. The van der Waals surface area contributed by atoms with Gasteiger partial charge < -0.3 is 4.84 Å². The molecule has 0 aliphatic heterocycles. The van der Waals surface area contributed by atoms with Crippen molar-refractivity contribution in [3.63, 3.8) is 0 Å². The first-order valence-corrected chi connectivity index (χ1v) is 2.32. The molecule has 0 amide bonds. The van der Waals surface area contributed by atoms with Crippen LogP contribution in [0.15, 0.2) is 18.7 Å². The molecule has 0 aliphatic rings. The van der Waals surface area contributed by atoms with E-state index in [1.165, 1.54) is 6.20 Å². The Kier molecular flexibility index (Phi) is 1.52. The van der Waals surface area contributed by atoms with Crippen molar-refractivity contribution >= 4 is 0 Å². The van der Waals surface area contributed by atoms with Crippen molar-refractivity contribution in [2.45, 2.75) is 6.36 Å². The molecule has 0 unspecified atom stereocenters. The van der Waals surface area contributed by atoms with E-state index in [1.807, 2.05) is 0 Å². The molecule has 0 aliphatic carbocycles. The van der Waals surface area contributed by atoms with Gasteiger partial charge in [-0.25, -0.2) is 4.98 Å². The molecule has 0 fully saturated rings. The summed E-state index contributed by atoms with van der Waals surface area (Å²) in [4.78, 5) is 6.74. The Morgan fingerprint density at radius 1 is 1.40 bits per heavy atom. The Bertz CT molecular complexity index is 193. The molecular formula is C4H3F3N2O. The summed E-state index contributed by atoms with van der Waals surface area (Å²) in [5, 5.41) is 0. The van der Waals surface area contributed by atoms with Gasteiger partial charge in [0.25, 0.3) is 0 Å². The lowest BCUT2D eigenvalue weighted by atomic mass is 11.0. The van der Waals surface area contributed by atoms with Crippen molar-refractivity contribution in [3.05, 3.63) is 18.7 Å². The fourth-order valence-corrected chi connectivity index (χ4v) is 0.420. The minimum Gasteiger partial charge on any atom is -0.312 e. The van der Waals surface area contributed by atoms with Gasteiger partial charge >= 0.3 is 6.36 Å². The average Bonchev–Trinajstić information content (AvgIpc) is 2.12. The highest BCUT2D eigenvalue weighted by Crippen LogP contribution is 2.11. The van der Waals surface area contributed by atoms with Gasteiger partial charge in [0.1, 0.15) is 6.33 Å². The summed E-state index contributed by atoms with van der Waals surface area (Å²) < 4.78 is 34.5. The van der Waals surface area contributed by atoms with Gasteiger partial charge in [0.15, 0.2) is 0 Å². The van der Waals surface area contributed by atoms with Crippen molar-refractivity contribution in [1.29, 1.82) is 0 Å². The largest absolute Gasteiger partial charge is 0.591 e. The van der Waals surface area contributed by atoms with Gasteiger partial charge in [0, 0.05) is 6.20 Å². The Hall–Kier alpha value is -1.20. The van der Waals surface area contributed by atoms with Gasteiger partial charge in [-0.3, -0.25) is 0 Å². The molecule has 6 heteroatoms. The van der Waals surface area contributed by atoms with Crippen LogP contribution in [0, 0.1) is 0 Å². The number of imidazole rings is 1. The number of halogens is 3. The molecule has 1 aromatic rings. The quantitative estimate of drug-likeness (QED) is 0.596. The second-order valence-electron chi connectivity index (χ2n) is 1.46. The lowest BCUT2D eigenvalue weighted by molar-refractivity contribution is -0.323. The van der Waals surface area contributed by atoms with E-state index in [2.05, 4.69) is 9.82 Å². The summed E-state index contributed by atoms with van der Waals surface area (Å²) in [6.45, 7) is 0. The van der Waals surface area contributed by atoms with E-state index in [0.29, 0.717) is 4.73 Å². The number of hydrogen-bond acceptors (Lipinski definition) is 2. The zero-order valence-electron chi connectivity index (χ0n) is 4.67. The Morgan fingerprint density at radius 3 is 2.50 bits per heavy atom. The van der Waals surface area contributed by atoms with E-state index in [9.17, 15) is 13.2 Å². The molecule has 3 nitrogen and oxygen atoms in total. The molecule has 1 heterocycles. The molecule has 0 radical (unpaired) electrons. The van der Waals surface area contributed by atoms with E-state index < -0.39 is 6.36 Å². The fraction of sp³-hybridized carbons (Fsp3) is 0.250. The monoisotopic (exact) mass is 152 g/mol. The number of alkyl halides is 3. The lowest BCUT2D eigenvalue weighted by Gasteiger charge is -2.06. The van der Waals surface area contributed by atoms with Crippen molar-refractivity contribution in [1.82, 2.24) is 9.71 Å². The van der Waals surface area contributed by atoms with E-state index in [4.69, 9.17) is 0 Å². The van der Waals surface area contributed by atoms with E-state index >= 15 is 0 Å². The average molecular weight is 152 g/mol. The van der Waals surface area contributed by atoms with Crippen molar-refractivity contribution < 1.29 is 18.0 Å². The molecule has 0 aromatic carbocycles. The first-order valence-electron chi connectivity index (χ1n) is 2.32. The highest BCUT2D eigenvalue weighted by molar-refractivity contribution is 4.69. The van der Waals surface area contributed by atoms with Crippen LogP contribution < -0.4 is 4.84 Å². The van der Waals surface area contributed by atoms with Crippen molar-refractivity contribution in [3.8, 4) is 0 Å². The number of rotatable bonds is 1. The van der Waals surface area contributed by atoms with Gasteiger partial charge in [-0.15, -0.1) is 13.2 Å². The van der Waals surface area contributed by atoms with Gasteiger partial charge in [-0.05, 0) is 0 Å². The van der Waals surface area contributed by atoms with Crippen molar-refractivity contribution in [2.24, 2.45) is 0 Å². The third kappa shape index (κ3) is 1.96. The molecule has 10 heavy (non-hydrogen) atoms. The summed E-state index contributed by atoms with van der Waals surface area (Å²) in [7, 11) is 0.